The third-order valence-electron chi connectivity index (χ3n) is 18.7. The maximum atomic E-state index is 11.7. The van der Waals surface area contributed by atoms with Crippen molar-refractivity contribution in [1.82, 2.24) is 40.8 Å². The van der Waals surface area contributed by atoms with E-state index in [9.17, 15) is 8.42 Å². The van der Waals surface area contributed by atoms with E-state index in [1.165, 1.54) is 45.7 Å². The number of H-pyrrole nitrogens is 2. The lowest BCUT2D eigenvalue weighted by Crippen LogP contribution is -2.17. The first-order valence-corrected chi connectivity index (χ1v) is 37.3. The molecule has 20 heteroatoms. The van der Waals surface area contributed by atoms with Crippen LogP contribution in [0.1, 0.15) is 95.8 Å². The van der Waals surface area contributed by atoms with Gasteiger partial charge in [-0.1, -0.05) is 85.1 Å². The van der Waals surface area contributed by atoms with Gasteiger partial charge in [-0.3, -0.25) is 5.10 Å². The average molecular weight is 1460 g/mol. The Morgan fingerprint density at radius 2 is 0.728 bits per heavy atom. The Labute approximate surface area is 611 Å². The van der Waals surface area contributed by atoms with Crippen LogP contribution in [0.4, 0.5) is 45.5 Å². The monoisotopic (exact) mass is 1460 g/mol. The van der Waals surface area contributed by atoms with E-state index in [-0.39, 0.29) is 0 Å². The number of anilines is 8. The molecule has 0 fully saturated rings. The number of aryl methyl sites for hydroxylation is 12. The van der Waals surface area contributed by atoms with Crippen molar-refractivity contribution in [2.24, 2.45) is 0 Å². The summed E-state index contributed by atoms with van der Waals surface area (Å²) in [7, 11) is -3.21. The summed E-state index contributed by atoms with van der Waals surface area (Å²) in [6.07, 6.45) is 4.80. The van der Waals surface area contributed by atoms with Crippen molar-refractivity contribution in [3.63, 3.8) is 0 Å². The predicted molar refractivity (Wildman–Crippen MR) is 421 cm³/mol. The highest BCUT2D eigenvalue weighted by molar-refractivity contribution is 9.10. The van der Waals surface area contributed by atoms with Crippen molar-refractivity contribution >= 4 is 93.2 Å². The third kappa shape index (κ3) is 16.0. The van der Waals surface area contributed by atoms with Crippen molar-refractivity contribution in [2.45, 2.75) is 116 Å². The van der Waals surface area contributed by atoms with Crippen LogP contribution >= 0.6 is 15.9 Å². The minimum Gasteiger partial charge on any atom is -0.361 e. The first-order chi connectivity index (χ1) is 49.4. The maximum absolute atomic E-state index is 11.7. The Hall–Kier alpha value is -10.8. The number of hydrogen-bond acceptors (Lipinski definition) is 16. The van der Waals surface area contributed by atoms with E-state index in [1.807, 2.05) is 73.7 Å². The largest absolute Gasteiger partial charge is 0.361 e. The quantitative estimate of drug-likeness (QED) is 0.0869. The second-order valence-electron chi connectivity index (χ2n) is 25.8. The molecule has 0 aliphatic heterocycles. The average Bonchev–Trinajstić information content (AvgIpc) is 1.42. The third-order valence-corrected chi connectivity index (χ3v) is 20.4. The molecule has 2 N–H and O–H groups in total. The molecule has 0 unspecified atom stereocenters. The summed E-state index contributed by atoms with van der Waals surface area (Å²) in [5.74, 6) is 3.34. The molecule has 0 bridgehead atoms. The summed E-state index contributed by atoms with van der Waals surface area (Å²) in [6.45, 7) is 36.1. The lowest BCUT2D eigenvalue weighted by molar-refractivity contribution is 0.393. The topological polar surface area (TPSA) is 209 Å². The van der Waals surface area contributed by atoms with Crippen molar-refractivity contribution in [3.8, 4) is 44.5 Å². The van der Waals surface area contributed by atoms with Crippen molar-refractivity contribution in [3.05, 3.63) is 243 Å². The molecule has 14 rings (SSSR count). The molecular weight excluding hydrogens is 1370 g/mol. The number of nitrogens with one attached hydrogen (secondary N) is 2. The number of rotatable bonds is 17. The molecule has 0 aliphatic rings. The molecule has 8 aromatic carbocycles. The van der Waals surface area contributed by atoms with Crippen molar-refractivity contribution in [2.75, 3.05) is 52.0 Å². The summed E-state index contributed by atoms with van der Waals surface area (Å²) < 4.78 is 45.9. The number of halogens is 1. The lowest BCUT2D eigenvalue weighted by atomic mass is 10.0. The van der Waals surface area contributed by atoms with Crippen LogP contribution in [0, 0.1) is 83.1 Å². The van der Waals surface area contributed by atoms with Crippen LogP contribution in [0.15, 0.2) is 198 Å². The molecule has 0 amide bonds. The highest BCUT2D eigenvalue weighted by Crippen LogP contribution is 2.41. The van der Waals surface area contributed by atoms with Gasteiger partial charge in [-0.25, -0.2) is 13.4 Å². The molecule has 103 heavy (non-hydrogen) atoms. The van der Waals surface area contributed by atoms with Crippen LogP contribution in [-0.4, -0.2) is 81.6 Å². The Morgan fingerprint density at radius 3 is 1.07 bits per heavy atom. The van der Waals surface area contributed by atoms with Gasteiger partial charge in [0.05, 0.1) is 56.7 Å². The summed E-state index contributed by atoms with van der Waals surface area (Å²) in [5.41, 5.74) is 29.3. The molecule has 14 aromatic rings. The van der Waals surface area contributed by atoms with Crippen molar-refractivity contribution in [1.29, 1.82) is 0 Å². The van der Waals surface area contributed by atoms with Gasteiger partial charge in [0.2, 0.25) is 0 Å². The fourth-order valence-electron chi connectivity index (χ4n) is 13.4. The molecule has 0 saturated carbocycles. The maximum Gasteiger partial charge on any atom is 0.175 e. The van der Waals surface area contributed by atoms with E-state index in [0.29, 0.717) is 4.90 Å². The fraction of sp³-hybridized carbons (Fsp3) is 0.253. The fourth-order valence-corrected chi connectivity index (χ4v) is 14.3. The van der Waals surface area contributed by atoms with Crippen LogP contribution in [0.25, 0.3) is 66.4 Å². The molecule has 530 valence electrons. The molecule has 18 nitrogen and oxygen atoms in total. The number of hydrogen-bond donors (Lipinski definition) is 2. The number of sulfone groups is 1. The van der Waals surface area contributed by atoms with E-state index in [1.54, 1.807) is 18.5 Å². The highest BCUT2D eigenvalue weighted by Gasteiger charge is 2.22. The standard InChI is InChI=1S/2C21H22N4O.C21H24N2O3S.C20H21BrN2O/c1-5-25(18-9-8-17-12-22-23-19(17)11-18)20-10-16(7-6-13(20)2)21-14(3)24-26-15(21)4;1-5-25(17-8-9-18-19(11-17)23-12-22-18)20-10-16(7-6-13(20)2)21-14(3)24-26-15(21)4;1-6-23(18-9-11-19(12-10-18)27(5,24)25)20-13-17(8-7-14(20)2)21-15(3)22-26-16(21)4;1-5-23(18-10-8-17(21)9-11-18)19-12-16(7-6-13(19)2)20-14(3)22-24-15(20)4/h2*6-12H,5H2,1-4H3,(H,22,23);7-13H,6H2,1-5H3;6-12H,5H2,1-4H3. The van der Waals surface area contributed by atoms with Gasteiger partial charge in [-0.05, 0) is 264 Å². The second kappa shape index (κ2) is 31.6. The van der Waals surface area contributed by atoms with Crippen molar-refractivity contribution < 1.29 is 26.5 Å². The van der Waals surface area contributed by atoms with E-state index in [4.69, 9.17) is 18.1 Å². The first kappa shape index (κ1) is 73.4. The number of benzene rings is 8. The zero-order chi connectivity index (χ0) is 73.6. The number of imidazole rings is 1. The predicted octanol–water partition coefficient (Wildman–Crippen LogP) is 21.6. The van der Waals surface area contributed by atoms with E-state index >= 15 is 0 Å². The highest BCUT2D eigenvalue weighted by atomic mass is 79.9. The molecule has 6 aromatic heterocycles. The van der Waals surface area contributed by atoms with Gasteiger partial charge in [0.25, 0.3) is 0 Å². The van der Waals surface area contributed by atoms with Crippen LogP contribution in [0.2, 0.25) is 0 Å². The molecule has 6 heterocycles. The Morgan fingerprint density at radius 1 is 0.398 bits per heavy atom. The van der Waals surface area contributed by atoms with Gasteiger partial charge in [0.1, 0.15) is 23.0 Å². The van der Waals surface area contributed by atoms with Crippen LogP contribution in [0.5, 0.6) is 0 Å². The van der Waals surface area contributed by atoms with Gasteiger partial charge in [-0.15, -0.1) is 0 Å². The van der Waals surface area contributed by atoms with Crippen LogP contribution in [-0.2, 0) is 9.84 Å². The zero-order valence-electron chi connectivity index (χ0n) is 61.7. The summed E-state index contributed by atoms with van der Waals surface area (Å²) in [6, 6.07) is 54.0. The Balaban J connectivity index is 0.000000138. The zero-order valence-corrected chi connectivity index (χ0v) is 64.1. The molecular formula is C83H89BrN12O6S. The SMILES string of the molecule is CCN(c1ccc(Br)cc1)c1cc(-c2c(C)noc2C)ccc1C.CCN(c1ccc(S(C)(=O)=O)cc1)c1cc(-c2c(C)noc2C)ccc1C.CCN(c1ccc2cn[nH]c2c1)c1cc(-c2c(C)noc2C)ccc1C.CCN(c1ccc2nc[nH]c2c1)c1cc(-c2c(C)noc2C)ccc1C. The number of nitrogens with zero attached hydrogens (tertiary/aromatic N) is 10. The normalized spacial score (nSPS) is 11.2. The summed E-state index contributed by atoms with van der Waals surface area (Å²) in [5, 5.41) is 24.6. The molecule has 0 aliphatic carbocycles. The lowest BCUT2D eigenvalue weighted by Gasteiger charge is -2.26. The summed E-state index contributed by atoms with van der Waals surface area (Å²) in [4.78, 5) is 17.0. The minimum atomic E-state index is -3.21. The van der Waals surface area contributed by atoms with Gasteiger partial charge in [0.15, 0.2) is 9.84 Å². The second-order valence-corrected chi connectivity index (χ2v) is 28.7. The number of fused-ring (bicyclic) bond motifs is 2. The Bertz CT molecular complexity index is 5160. The van der Waals surface area contributed by atoms with E-state index < -0.39 is 9.84 Å². The molecule has 0 saturated heterocycles. The molecule has 0 radical (unpaired) electrons. The smallest absolute Gasteiger partial charge is 0.175 e. The first-order valence-electron chi connectivity index (χ1n) is 34.6. The van der Waals surface area contributed by atoms with Gasteiger partial charge >= 0.3 is 0 Å². The minimum absolute atomic E-state index is 0.323. The molecule has 0 spiro atoms. The van der Waals surface area contributed by atoms with Gasteiger partial charge in [0, 0.05) is 110 Å². The van der Waals surface area contributed by atoms with E-state index in [2.05, 4.69) is 265 Å². The molecule has 0 atom stereocenters. The van der Waals surface area contributed by atoms with Gasteiger partial charge in [-0.2, -0.15) is 5.10 Å². The van der Waals surface area contributed by atoms with Gasteiger partial charge < -0.3 is 42.7 Å². The summed E-state index contributed by atoms with van der Waals surface area (Å²) >= 11 is 3.51. The number of aromatic nitrogens is 8. The van der Waals surface area contributed by atoms with Crippen LogP contribution < -0.4 is 19.6 Å². The van der Waals surface area contributed by atoms with E-state index in [0.717, 1.165) is 171 Å². The van der Waals surface area contributed by atoms with Crippen LogP contribution in [0.3, 0.4) is 0 Å². The Kier molecular flexibility index (Phi) is 22.5. The number of aromatic amines is 2.